The summed E-state index contributed by atoms with van der Waals surface area (Å²) in [6.07, 6.45) is 2.37. The van der Waals surface area contributed by atoms with Crippen LogP contribution >= 0.6 is 0 Å². The van der Waals surface area contributed by atoms with Crippen molar-refractivity contribution in [1.29, 1.82) is 0 Å². The Balaban J connectivity index is 2.38. The number of pyridine rings is 1. The van der Waals surface area contributed by atoms with Crippen LogP contribution in [0.15, 0.2) is 18.3 Å². The smallest absolute Gasteiger partial charge is 0.314 e. The Morgan fingerprint density at radius 2 is 2.00 bits per heavy atom. The van der Waals surface area contributed by atoms with Crippen molar-refractivity contribution >= 4 is 11.8 Å². The highest BCUT2D eigenvalue weighted by molar-refractivity contribution is 5.87. The first-order valence-corrected chi connectivity index (χ1v) is 5.68. The molecule has 4 nitrogen and oxygen atoms in total. The number of nitrogens with zero attached hydrogens (tertiary/aromatic N) is 2. The molecule has 0 spiro atoms. The molecule has 0 radical (unpaired) electrons. The van der Waals surface area contributed by atoms with Crippen molar-refractivity contribution in [3.8, 4) is 0 Å². The van der Waals surface area contributed by atoms with Gasteiger partial charge in [0.25, 0.3) is 0 Å². The van der Waals surface area contributed by atoms with Crippen molar-refractivity contribution in [3.63, 3.8) is 0 Å². The summed E-state index contributed by atoms with van der Waals surface area (Å²) in [5.74, 6) is 0.0923. The number of anilines is 1. The van der Waals surface area contributed by atoms with E-state index in [0.717, 1.165) is 11.4 Å². The van der Waals surface area contributed by atoms with Gasteiger partial charge in [0.1, 0.15) is 5.82 Å². The molecule has 0 aromatic carbocycles. The monoisotopic (exact) mass is 234 g/mol. The topological polar surface area (TPSA) is 53.4 Å². The normalized spacial score (nSPS) is 25.4. The average Bonchev–Trinajstić information content (AvgIpc) is 2.83. The molecule has 2 rings (SSSR count). The summed E-state index contributed by atoms with van der Waals surface area (Å²) in [4.78, 5) is 17.7. The summed E-state index contributed by atoms with van der Waals surface area (Å²) in [5.41, 5.74) is -0.119. The van der Waals surface area contributed by atoms with Gasteiger partial charge in [-0.3, -0.25) is 4.79 Å². The minimum atomic E-state index is -0.748. The predicted molar refractivity (Wildman–Crippen MR) is 66.3 cm³/mol. The van der Waals surface area contributed by atoms with E-state index < -0.39 is 11.4 Å². The van der Waals surface area contributed by atoms with E-state index in [4.69, 9.17) is 0 Å². The summed E-state index contributed by atoms with van der Waals surface area (Å²) >= 11 is 0. The highest BCUT2D eigenvalue weighted by Crippen LogP contribution is 2.64. The van der Waals surface area contributed by atoms with Crippen molar-refractivity contribution in [2.75, 3.05) is 19.0 Å². The van der Waals surface area contributed by atoms with Gasteiger partial charge in [-0.25, -0.2) is 4.98 Å². The van der Waals surface area contributed by atoms with Crippen LogP contribution in [0.3, 0.4) is 0 Å². The van der Waals surface area contributed by atoms with Gasteiger partial charge in [0, 0.05) is 20.3 Å². The molecule has 1 N–H and O–H groups in total. The summed E-state index contributed by atoms with van der Waals surface area (Å²) in [5, 5.41) is 9.43. The van der Waals surface area contributed by atoms with Crippen molar-refractivity contribution in [2.45, 2.75) is 25.7 Å². The summed E-state index contributed by atoms with van der Waals surface area (Å²) in [6, 6.07) is 3.75. The number of hydrogen-bond donors (Lipinski definition) is 1. The molecule has 0 saturated heterocycles. The van der Waals surface area contributed by atoms with Crippen molar-refractivity contribution in [3.05, 3.63) is 23.9 Å². The lowest BCUT2D eigenvalue weighted by atomic mass is 9.89. The zero-order valence-electron chi connectivity index (χ0n) is 10.7. The van der Waals surface area contributed by atoms with E-state index in [2.05, 4.69) is 4.98 Å². The Bertz CT molecular complexity index is 451. The number of aliphatic carboxylic acids is 1. The second-order valence-corrected chi connectivity index (χ2v) is 5.57. The number of aromatic nitrogens is 1. The molecule has 0 bridgehead atoms. The zero-order chi connectivity index (χ0) is 12.8. The van der Waals surface area contributed by atoms with E-state index in [0.29, 0.717) is 6.42 Å². The van der Waals surface area contributed by atoms with Gasteiger partial charge in [-0.05, 0) is 23.5 Å². The molecule has 1 aliphatic rings. The molecule has 17 heavy (non-hydrogen) atoms. The van der Waals surface area contributed by atoms with E-state index in [-0.39, 0.29) is 5.41 Å². The molecular weight excluding hydrogens is 216 g/mol. The van der Waals surface area contributed by atoms with Gasteiger partial charge in [0.2, 0.25) is 0 Å². The van der Waals surface area contributed by atoms with Gasteiger partial charge in [-0.15, -0.1) is 0 Å². The number of carboxylic acid groups (broad SMARTS) is 1. The van der Waals surface area contributed by atoms with Gasteiger partial charge in [0.15, 0.2) is 0 Å². The molecule has 92 valence electrons. The number of carboxylic acids is 1. The maximum Gasteiger partial charge on any atom is 0.314 e. The Labute approximate surface area is 101 Å². The first-order chi connectivity index (χ1) is 7.81. The van der Waals surface area contributed by atoms with Crippen molar-refractivity contribution in [2.24, 2.45) is 5.41 Å². The Morgan fingerprint density at radius 3 is 2.29 bits per heavy atom. The molecule has 1 aromatic heterocycles. The maximum absolute atomic E-state index is 11.5. The van der Waals surface area contributed by atoms with Crippen LogP contribution in [0.4, 0.5) is 5.82 Å². The van der Waals surface area contributed by atoms with Crippen LogP contribution in [0.2, 0.25) is 0 Å². The third kappa shape index (κ3) is 1.59. The predicted octanol–water partition coefficient (Wildman–Crippen LogP) is 1.90. The minimum Gasteiger partial charge on any atom is -0.481 e. The first-order valence-electron chi connectivity index (χ1n) is 5.68. The number of carbonyl (C=O) groups is 1. The third-order valence-electron chi connectivity index (χ3n) is 3.80. The fourth-order valence-electron chi connectivity index (χ4n) is 2.50. The van der Waals surface area contributed by atoms with E-state index in [1.165, 1.54) is 0 Å². The summed E-state index contributed by atoms with van der Waals surface area (Å²) in [6.45, 7) is 3.97. The Kier molecular flexibility index (Phi) is 2.42. The lowest BCUT2D eigenvalue weighted by Gasteiger charge is -2.17. The molecule has 1 aliphatic carbocycles. The second kappa shape index (κ2) is 3.45. The van der Waals surface area contributed by atoms with Gasteiger partial charge in [-0.1, -0.05) is 19.9 Å². The highest BCUT2D eigenvalue weighted by atomic mass is 16.4. The highest BCUT2D eigenvalue weighted by Gasteiger charge is 2.67. The van der Waals surface area contributed by atoms with Gasteiger partial charge < -0.3 is 10.0 Å². The molecule has 1 aromatic rings. The zero-order valence-corrected chi connectivity index (χ0v) is 10.7. The average molecular weight is 234 g/mol. The third-order valence-corrected chi connectivity index (χ3v) is 3.80. The van der Waals surface area contributed by atoms with Crippen LogP contribution in [0.25, 0.3) is 0 Å². The molecule has 1 fully saturated rings. The minimum absolute atomic E-state index is 0.180. The summed E-state index contributed by atoms with van der Waals surface area (Å²) < 4.78 is 0. The molecule has 4 heteroatoms. The Hall–Kier alpha value is -1.58. The second-order valence-electron chi connectivity index (χ2n) is 5.57. The SMILES string of the molecule is CN(C)c1ccc(C2(C(=O)O)CC2(C)C)cn1. The molecular formula is C13H18N2O2. The standard InChI is InChI=1S/C13H18N2O2/c1-12(2)8-13(12,11(16)17)9-5-6-10(14-7-9)15(3)4/h5-7H,8H2,1-4H3,(H,16,17). The largest absolute Gasteiger partial charge is 0.481 e. The van der Waals surface area contributed by atoms with Crippen LogP contribution in [-0.4, -0.2) is 30.2 Å². The number of hydrogen-bond acceptors (Lipinski definition) is 3. The van der Waals surface area contributed by atoms with Crippen LogP contribution < -0.4 is 4.90 Å². The van der Waals surface area contributed by atoms with E-state index in [1.807, 2.05) is 45.0 Å². The number of rotatable bonds is 3. The quantitative estimate of drug-likeness (QED) is 0.867. The maximum atomic E-state index is 11.5. The molecule has 0 amide bonds. The lowest BCUT2D eigenvalue weighted by molar-refractivity contribution is -0.141. The molecule has 1 heterocycles. The van der Waals surface area contributed by atoms with E-state index >= 15 is 0 Å². The molecule has 1 unspecified atom stereocenters. The van der Waals surface area contributed by atoms with Crippen molar-refractivity contribution < 1.29 is 9.90 Å². The van der Waals surface area contributed by atoms with Crippen LogP contribution in [0.1, 0.15) is 25.8 Å². The van der Waals surface area contributed by atoms with E-state index in [1.54, 1.807) is 6.20 Å². The first kappa shape index (κ1) is 11.9. The van der Waals surface area contributed by atoms with Crippen molar-refractivity contribution in [1.82, 2.24) is 4.98 Å². The molecule has 0 aliphatic heterocycles. The van der Waals surface area contributed by atoms with Gasteiger partial charge in [-0.2, -0.15) is 0 Å². The Morgan fingerprint density at radius 1 is 1.41 bits per heavy atom. The fourth-order valence-corrected chi connectivity index (χ4v) is 2.50. The van der Waals surface area contributed by atoms with Crippen LogP contribution in [0, 0.1) is 5.41 Å². The lowest BCUT2D eigenvalue weighted by Crippen LogP contribution is -2.25. The van der Waals surface area contributed by atoms with Crippen LogP contribution in [-0.2, 0) is 10.2 Å². The summed E-state index contributed by atoms with van der Waals surface area (Å²) in [7, 11) is 3.83. The van der Waals surface area contributed by atoms with Crippen LogP contribution in [0.5, 0.6) is 0 Å². The van der Waals surface area contributed by atoms with Gasteiger partial charge in [0.05, 0.1) is 5.41 Å². The van der Waals surface area contributed by atoms with Gasteiger partial charge >= 0.3 is 5.97 Å². The van der Waals surface area contributed by atoms with E-state index in [9.17, 15) is 9.90 Å². The molecule has 1 atom stereocenters. The fraction of sp³-hybridized carbons (Fsp3) is 0.538. The molecule has 1 saturated carbocycles.